The zero-order chi connectivity index (χ0) is 14.5. The summed E-state index contributed by atoms with van der Waals surface area (Å²) in [7, 11) is 0. The number of esters is 1. The molecule has 1 atom stereocenters. The second-order valence-electron chi connectivity index (χ2n) is 5.64. The zero-order valence-corrected chi connectivity index (χ0v) is 13.0. The molecule has 1 aliphatic heterocycles. The van der Waals surface area contributed by atoms with Gasteiger partial charge in [-0.3, -0.25) is 4.79 Å². The topological polar surface area (TPSA) is 26.3 Å². The van der Waals surface area contributed by atoms with Crippen molar-refractivity contribution in [3.8, 4) is 0 Å². The SMILES string of the molecule is CCCCC[C@@H]1/C=C/C=C\CCCCCCCC(=O)O1. The molecular formula is C18H30O2. The third-order valence-electron chi connectivity index (χ3n) is 3.70. The van der Waals surface area contributed by atoms with Crippen molar-refractivity contribution in [2.24, 2.45) is 0 Å². The third-order valence-corrected chi connectivity index (χ3v) is 3.70. The summed E-state index contributed by atoms with van der Waals surface area (Å²) in [5.41, 5.74) is 0. The maximum Gasteiger partial charge on any atom is 0.306 e. The predicted octanol–water partition coefficient (Wildman–Crippen LogP) is 5.34. The van der Waals surface area contributed by atoms with Gasteiger partial charge in [-0.05, 0) is 38.2 Å². The van der Waals surface area contributed by atoms with Gasteiger partial charge in [-0.25, -0.2) is 0 Å². The van der Waals surface area contributed by atoms with Crippen LogP contribution in [0.5, 0.6) is 0 Å². The van der Waals surface area contributed by atoms with E-state index >= 15 is 0 Å². The molecule has 0 saturated heterocycles. The molecule has 0 aromatic heterocycles. The van der Waals surface area contributed by atoms with E-state index in [0.29, 0.717) is 6.42 Å². The van der Waals surface area contributed by atoms with Gasteiger partial charge >= 0.3 is 5.97 Å². The van der Waals surface area contributed by atoms with Gasteiger partial charge in [-0.2, -0.15) is 0 Å². The van der Waals surface area contributed by atoms with Crippen LogP contribution in [0, 0.1) is 0 Å². The first kappa shape index (κ1) is 17.0. The molecule has 0 aliphatic carbocycles. The summed E-state index contributed by atoms with van der Waals surface area (Å²) >= 11 is 0. The summed E-state index contributed by atoms with van der Waals surface area (Å²) in [6.07, 6.45) is 20.4. The Bertz CT molecular complexity index is 305. The molecule has 0 bridgehead atoms. The Morgan fingerprint density at radius 3 is 2.75 bits per heavy atom. The zero-order valence-electron chi connectivity index (χ0n) is 13.0. The van der Waals surface area contributed by atoms with Gasteiger partial charge < -0.3 is 4.74 Å². The van der Waals surface area contributed by atoms with Crippen molar-refractivity contribution < 1.29 is 9.53 Å². The van der Waals surface area contributed by atoms with E-state index in [4.69, 9.17) is 4.74 Å². The average Bonchev–Trinajstić information content (AvgIpc) is 2.44. The van der Waals surface area contributed by atoms with Gasteiger partial charge in [0.2, 0.25) is 0 Å². The molecule has 0 fully saturated rings. The van der Waals surface area contributed by atoms with E-state index < -0.39 is 0 Å². The van der Waals surface area contributed by atoms with Crippen LogP contribution in [0.15, 0.2) is 24.3 Å². The normalized spacial score (nSPS) is 25.4. The molecule has 1 heterocycles. The standard InChI is InChI=1S/C18H30O2/c1-2-3-11-14-17-15-12-9-7-5-4-6-8-10-13-16-18(19)20-17/h7,9,12,15,17H,2-6,8,10-11,13-14,16H2,1H3/b9-7-,15-12+/t17-/m1/s1. The summed E-state index contributed by atoms with van der Waals surface area (Å²) < 4.78 is 5.58. The molecule has 20 heavy (non-hydrogen) atoms. The van der Waals surface area contributed by atoms with Gasteiger partial charge in [0.25, 0.3) is 0 Å². The molecule has 2 nitrogen and oxygen atoms in total. The van der Waals surface area contributed by atoms with Crippen molar-refractivity contribution in [1.82, 2.24) is 0 Å². The molecule has 0 radical (unpaired) electrons. The number of allylic oxidation sites excluding steroid dienone is 3. The summed E-state index contributed by atoms with van der Waals surface area (Å²) in [5.74, 6) is -0.0304. The van der Waals surface area contributed by atoms with Gasteiger partial charge in [-0.15, -0.1) is 0 Å². The highest BCUT2D eigenvalue weighted by molar-refractivity contribution is 5.69. The maximum atomic E-state index is 11.8. The Morgan fingerprint density at radius 2 is 1.90 bits per heavy atom. The fraction of sp³-hybridized carbons (Fsp3) is 0.722. The first-order chi connectivity index (χ1) is 9.83. The fourth-order valence-electron chi connectivity index (χ4n) is 2.44. The molecule has 0 spiro atoms. The molecule has 114 valence electrons. The predicted molar refractivity (Wildman–Crippen MR) is 84.6 cm³/mol. The van der Waals surface area contributed by atoms with Crippen LogP contribution < -0.4 is 0 Å². The van der Waals surface area contributed by atoms with Crippen molar-refractivity contribution in [3.05, 3.63) is 24.3 Å². The number of hydrogen-bond donors (Lipinski definition) is 0. The van der Waals surface area contributed by atoms with Crippen LogP contribution in [-0.2, 0) is 9.53 Å². The fourth-order valence-corrected chi connectivity index (χ4v) is 2.44. The Hall–Kier alpha value is -1.05. The first-order valence-corrected chi connectivity index (χ1v) is 8.35. The average molecular weight is 278 g/mol. The van der Waals surface area contributed by atoms with Gasteiger partial charge in [0.15, 0.2) is 0 Å². The maximum absolute atomic E-state index is 11.8. The minimum absolute atomic E-state index is 0.0304. The van der Waals surface area contributed by atoms with Crippen LogP contribution in [0.1, 0.15) is 77.6 Å². The second-order valence-corrected chi connectivity index (χ2v) is 5.64. The van der Waals surface area contributed by atoms with Crippen LogP contribution >= 0.6 is 0 Å². The third kappa shape index (κ3) is 8.95. The van der Waals surface area contributed by atoms with Gasteiger partial charge in [0, 0.05) is 6.42 Å². The molecular weight excluding hydrogens is 248 g/mol. The number of carbonyl (C=O) groups excluding carboxylic acids is 1. The van der Waals surface area contributed by atoms with Crippen molar-refractivity contribution >= 4 is 5.97 Å². The van der Waals surface area contributed by atoms with Crippen LogP contribution in [0.4, 0.5) is 0 Å². The van der Waals surface area contributed by atoms with Gasteiger partial charge in [-0.1, -0.05) is 57.3 Å². The van der Waals surface area contributed by atoms with E-state index in [-0.39, 0.29) is 12.1 Å². The van der Waals surface area contributed by atoms with Crippen molar-refractivity contribution in [1.29, 1.82) is 0 Å². The van der Waals surface area contributed by atoms with E-state index in [1.54, 1.807) is 0 Å². The monoisotopic (exact) mass is 278 g/mol. The van der Waals surface area contributed by atoms with Crippen LogP contribution in [0.3, 0.4) is 0 Å². The van der Waals surface area contributed by atoms with E-state index in [2.05, 4.69) is 19.1 Å². The minimum Gasteiger partial charge on any atom is -0.458 e. The largest absolute Gasteiger partial charge is 0.458 e. The van der Waals surface area contributed by atoms with Crippen LogP contribution in [0.25, 0.3) is 0 Å². The van der Waals surface area contributed by atoms with Crippen LogP contribution in [-0.4, -0.2) is 12.1 Å². The highest BCUT2D eigenvalue weighted by atomic mass is 16.5. The molecule has 0 aromatic rings. The lowest BCUT2D eigenvalue weighted by molar-refractivity contribution is -0.147. The quantitative estimate of drug-likeness (QED) is 0.513. The molecule has 1 rings (SSSR count). The summed E-state index contributed by atoms with van der Waals surface area (Å²) in [4.78, 5) is 11.8. The Kier molecular flexibility index (Phi) is 9.99. The lowest BCUT2D eigenvalue weighted by Crippen LogP contribution is -2.16. The number of carbonyl (C=O) groups is 1. The minimum atomic E-state index is -0.0401. The van der Waals surface area contributed by atoms with Crippen molar-refractivity contribution in [3.63, 3.8) is 0 Å². The van der Waals surface area contributed by atoms with Crippen molar-refractivity contribution in [2.45, 2.75) is 83.7 Å². The Morgan fingerprint density at radius 1 is 1.10 bits per heavy atom. The number of unbranched alkanes of at least 4 members (excludes halogenated alkanes) is 2. The van der Waals surface area contributed by atoms with Gasteiger partial charge in [0.05, 0.1) is 0 Å². The van der Waals surface area contributed by atoms with E-state index in [1.165, 1.54) is 32.1 Å². The van der Waals surface area contributed by atoms with Crippen molar-refractivity contribution in [2.75, 3.05) is 0 Å². The summed E-state index contributed by atoms with van der Waals surface area (Å²) in [6, 6.07) is 0. The van der Waals surface area contributed by atoms with E-state index in [0.717, 1.165) is 32.1 Å². The molecule has 2 heteroatoms. The van der Waals surface area contributed by atoms with E-state index in [9.17, 15) is 4.79 Å². The second kappa shape index (κ2) is 11.7. The molecule has 1 aliphatic rings. The van der Waals surface area contributed by atoms with Gasteiger partial charge in [0.1, 0.15) is 6.10 Å². The smallest absolute Gasteiger partial charge is 0.306 e. The van der Waals surface area contributed by atoms with Crippen LogP contribution in [0.2, 0.25) is 0 Å². The Labute approximate surface area is 124 Å². The van der Waals surface area contributed by atoms with E-state index in [1.807, 2.05) is 12.2 Å². The number of cyclic esters (lactones) is 1. The number of ether oxygens (including phenoxy) is 1. The first-order valence-electron chi connectivity index (χ1n) is 8.35. The molecule has 0 N–H and O–H groups in total. The number of hydrogen-bond acceptors (Lipinski definition) is 2. The molecule has 0 aromatic carbocycles. The summed E-state index contributed by atoms with van der Waals surface area (Å²) in [6.45, 7) is 2.19. The summed E-state index contributed by atoms with van der Waals surface area (Å²) in [5, 5.41) is 0. The Balaban J connectivity index is 2.49. The highest BCUT2D eigenvalue weighted by Crippen LogP contribution is 2.13. The molecule has 0 amide bonds. The molecule has 0 unspecified atom stereocenters. The highest BCUT2D eigenvalue weighted by Gasteiger charge is 2.11. The lowest BCUT2D eigenvalue weighted by atomic mass is 10.1. The lowest BCUT2D eigenvalue weighted by Gasteiger charge is -2.14. The number of rotatable bonds is 4. The molecule has 0 saturated carbocycles.